The van der Waals surface area contributed by atoms with Crippen LogP contribution in [0.3, 0.4) is 0 Å². The number of aromatic nitrogens is 1. The van der Waals surface area contributed by atoms with Gasteiger partial charge in [0, 0.05) is 35.4 Å². The lowest BCUT2D eigenvalue weighted by molar-refractivity contribution is -0.115. The molecular formula is C22H21Cl2NO2. The number of carbonyl (C=O) groups is 1. The molecule has 1 aromatic carbocycles. The fraction of sp³-hybridized carbons (Fsp3) is 0.364. The molecule has 4 rings (SSSR count). The number of nitrogens with zero attached hydrogens (tertiary/aromatic N) is 1. The lowest BCUT2D eigenvalue weighted by atomic mass is 9.70. The highest BCUT2D eigenvalue weighted by Gasteiger charge is 2.45. The lowest BCUT2D eigenvalue weighted by Gasteiger charge is -2.33. The van der Waals surface area contributed by atoms with Gasteiger partial charge in [-0.2, -0.15) is 0 Å². The minimum atomic E-state index is -0.0000639. The van der Waals surface area contributed by atoms with Crippen LogP contribution < -0.4 is 4.74 Å². The molecule has 0 N–H and O–H groups in total. The molecule has 27 heavy (non-hydrogen) atoms. The fourth-order valence-electron chi connectivity index (χ4n) is 4.43. The normalized spacial score (nSPS) is 20.9. The van der Waals surface area contributed by atoms with Crippen LogP contribution >= 0.6 is 23.2 Å². The van der Waals surface area contributed by atoms with Crippen LogP contribution in [-0.2, 0) is 17.8 Å². The van der Waals surface area contributed by atoms with E-state index >= 15 is 0 Å². The van der Waals surface area contributed by atoms with Crippen LogP contribution in [0, 0.1) is 5.41 Å². The van der Waals surface area contributed by atoms with E-state index < -0.39 is 0 Å². The van der Waals surface area contributed by atoms with Crippen LogP contribution in [-0.4, -0.2) is 10.8 Å². The number of hydrogen-bond donors (Lipinski definition) is 0. The molecule has 0 radical (unpaired) electrons. The van der Waals surface area contributed by atoms with Crippen molar-refractivity contribution in [3.63, 3.8) is 0 Å². The second-order valence-corrected chi connectivity index (χ2v) is 8.17. The Morgan fingerprint density at radius 3 is 2.89 bits per heavy atom. The molecule has 0 saturated heterocycles. The molecule has 140 valence electrons. The number of carbonyl (C=O) groups excluding carboxylic acids is 1. The number of fused-ring (bicyclic) bond motifs is 3. The van der Waals surface area contributed by atoms with Crippen LogP contribution in [0.5, 0.6) is 5.75 Å². The van der Waals surface area contributed by atoms with E-state index in [4.69, 9.17) is 27.9 Å². The summed E-state index contributed by atoms with van der Waals surface area (Å²) in [5, 5.41) is 0.903. The molecule has 0 fully saturated rings. The summed E-state index contributed by atoms with van der Waals surface area (Å²) in [4.78, 5) is 16.2. The third kappa shape index (κ3) is 3.28. The number of rotatable bonds is 5. The molecule has 2 aliphatic rings. The summed E-state index contributed by atoms with van der Waals surface area (Å²) < 4.78 is 5.95. The molecule has 5 heteroatoms. The van der Waals surface area contributed by atoms with Gasteiger partial charge < -0.3 is 4.74 Å². The highest BCUT2D eigenvalue weighted by atomic mass is 35.5. The van der Waals surface area contributed by atoms with Gasteiger partial charge in [-0.05, 0) is 48.6 Å². The molecule has 1 atom stereocenters. The summed E-state index contributed by atoms with van der Waals surface area (Å²) in [5.41, 5.74) is 4.10. The van der Waals surface area contributed by atoms with Crippen LogP contribution in [0.2, 0.25) is 10.0 Å². The number of ether oxygens (including phenoxy) is 1. The maximum atomic E-state index is 12.1. The zero-order valence-electron chi connectivity index (χ0n) is 15.2. The largest absolute Gasteiger partial charge is 0.487 e. The SMILES string of the molecule is CCC[C@]12CCC(=O)C=C1c1c(cc(OCc3cccnc3)c(Cl)c1Cl)C2. The van der Waals surface area contributed by atoms with Gasteiger partial charge in [0.15, 0.2) is 5.78 Å². The topological polar surface area (TPSA) is 39.2 Å². The molecule has 0 saturated carbocycles. The number of halogens is 2. The van der Waals surface area contributed by atoms with Crippen molar-refractivity contribution in [3.8, 4) is 5.75 Å². The average Bonchev–Trinajstić information content (AvgIpc) is 2.98. The van der Waals surface area contributed by atoms with Crippen molar-refractivity contribution >= 4 is 34.6 Å². The van der Waals surface area contributed by atoms with E-state index in [2.05, 4.69) is 11.9 Å². The number of allylic oxidation sites excluding steroid dienone is 2. The van der Waals surface area contributed by atoms with Gasteiger partial charge in [0.1, 0.15) is 17.4 Å². The van der Waals surface area contributed by atoms with Crippen molar-refractivity contribution in [2.75, 3.05) is 0 Å². The van der Waals surface area contributed by atoms with Crippen molar-refractivity contribution < 1.29 is 9.53 Å². The van der Waals surface area contributed by atoms with E-state index in [-0.39, 0.29) is 11.2 Å². The summed E-state index contributed by atoms with van der Waals surface area (Å²) in [7, 11) is 0. The van der Waals surface area contributed by atoms with E-state index in [0.29, 0.717) is 28.8 Å². The Labute approximate surface area is 169 Å². The van der Waals surface area contributed by atoms with Crippen LogP contribution in [0.4, 0.5) is 0 Å². The van der Waals surface area contributed by atoms with Gasteiger partial charge in [-0.15, -0.1) is 0 Å². The number of benzene rings is 1. The van der Waals surface area contributed by atoms with Gasteiger partial charge in [-0.25, -0.2) is 0 Å². The third-order valence-electron chi connectivity index (χ3n) is 5.63. The summed E-state index contributed by atoms with van der Waals surface area (Å²) in [6.45, 7) is 2.56. The van der Waals surface area contributed by atoms with E-state index in [1.807, 2.05) is 18.2 Å². The van der Waals surface area contributed by atoms with Crippen LogP contribution in [0.1, 0.15) is 49.3 Å². The average molecular weight is 402 g/mol. The fourth-order valence-corrected chi connectivity index (χ4v) is 4.95. The molecule has 2 aliphatic carbocycles. The Morgan fingerprint density at radius 1 is 1.30 bits per heavy atom. The van der Waals surface area contributed by atoms with Gasteiger partial charge in [0.25, 0.3) is 0 Å². The highest BCUT2D eigenvalue weighted by Crippen LogP contribution is 2.58. The lowest BCUT2D eigenvalue weighted by Crippen LogP contribution is -2.25. The summed E-state index contributed by atoms with van der Waals surface area (Å²) in [6, 6.07) is 5.83. The van der Waals surface area contributed by atoms with E-state index in [1.165, 1.54) is 0 Å². The molecule has 0 aliphatic heterocycles. The minimum Gasteiger partial charge on any atom is -0.487 e. The standard InChI is InChI=1S/C22H21Cl2NO2/c1-2-6-22-7-5-16(26)10-17(22)19-15(11-22)9-18(20(23)21(19)24)27-13-14-4-3-8-25-12-14/h3-4,8-10,12H,2,5-7,11,13H2,1H3/t22-/m1/s1. The maximum absolute atomic E-state index is 12.1. The second-order valence-electron chi connectivity index (χ2n) is 7.42. The van der Waals surface area contributed by atoms with Crippen molar-refractivity contribution in [1.82, 2.24) is 4.98 Å². The molecule has 2 aromatic rings. The van der Waals surface area contributed by atoms with E-state index in [0.717, 1.165) is 47.9 Å². The smallest absolute Gasteiger partial charge is 0.156 e. The molecule has 0 spiro atoms. The van der Waals surface area contributed by atoms with Crippen molar-refractivity contribution in [2.45, 2.75) is 45.6 Å². The maximum Gasteiger partial charge on any atom is 0.156 e. The quantitative estimate of drug-likeness (QED) is 0.611. The second kappa shape index (κ2) is 7.29. The van der Waals surface area contributed by atoms with Crippen LogP contribution in [0.15, 0.2) is 36.7 Å². The monoisotopic (exact) mass is 401 g/mol. The Bertz CT molecular complexity index is 924. The molecule has 0 bridgehead atoms. The van der Waals surface area contributed by atoms with Crippen molar-refractivity contribution in [1.29, 1.82) is 0 Å². The van der Waals surface area contributed by atoms with Crippen molar-refractivity contribution in [2.24, 2.45) is 5.41 Å². The molecule has 0 amide bonds. The van der Waals surface area contributed by atoms with Gasteiger partial charge in [0.2, 0.25) is 0 Å². The van der Waals surface area contributed by atoms with Gasteiger partial charge in [-0.3, -0.25) is 9.78 Å². The molecule has 3 nitrogen and oxygen atoms in total. The highest BCUT2D eigenvalue weighted by molar-refractivity contribution is 6.44. The molecule has 1 heterocycles. The Kier molecular flexibility index (Phi) is 5.00. The number of hydrogen-bond acceptors (Lipinski definition) is 3. The zero-order chi connectivity index (χ0) is 19.0. The first-order valence-electron chi connectivity index (χ1n) is 9.32. The molecule has 1 aromatic heterocycles. The summed E-state index contributed by atoms with van der Waals surface area (Å²) >= 11 is 13.2. The van der Waals surface area contributed by atoms with Gasteiger partial charge in [-0.1, -0.05) is 42.6 Å². The Morgan fingerprint density at radius 2 is 2.15 bits per heavy atom. The first-order chi connectivity index (χ1) is 13.0. The van der Waals surface area contributed by atoms with Crippen LogP contribution in [0.25, 0.3) is 5.57 Å². The Hall–Kier alpha value is -1.84. The molecular weight excluding hydrogens is 381 g/mol. The zero-order valence-corrected chi connectivity index (χ0v) is 16.7. The van der Waals surface area contributed by atoms with Gasteiger partial charge >= 0.3 is 0 Å². The third-order valence-corrected chi connectivity index (χ3v) is 6.48. The number of ketones is 1. The first-order valence-corrected chi connectivity index (χ1v) is 10.1. The minimum absolute atomic E-state index is 0.0000639. The van der Waals surface area contributed by atoms with E-state index in [9.17, 15) is 4.79 Å². The van der Waals surface area contributed by atoms with Crippen molar-refractivity contribution in [3.05, 3.63) is 63.4 Å². The van der Waals surface area contributed by atoms with Gasteiger partial charge in [0.05, 0.1) is 5.02 Å². The first kappa shape index (κ1) is 18.5. The predicted molar refractivity (Wildman–Crippen MR) is 108 cm³/mol. The Balaban J connectivity index is 1.72. The van der Waals surface area contributed by atoms with E-state index in [1.54, 1.807) is 18.5 Å². The number of pyridine rings is 1. The summed E-state index contributed by atoms with van der Waals surface area (Å²) in [6.07, 6.45) is 9.76. The summed E-state index contributed by atoms with van der Waals surface area (Å²) in [5.74, 6) is 0.759. The molecule has 0 unspecified atom stereocenters. The predicted octanol–water partition coefficient (Wildman–Crippen LogP) is 6.06.